The Kier molecular flexibility index (Phi) is 43.7. The number of carbonyl (C=O) groups is 10. The van der Waals surface area contributed by atoms with E-state index < -0.39 is 5.41 Å². The minimum atomic E-state index is -0.401. The van der Waals surface area contributed by atoms with Crippen LogP contribution in [0, 0.1) is 22.7 Å². The van der Waals surface area contributed by atoms with E-state index in [2.05, 4.69) is 237 Å². The number of piperidine rings is 1. The molecule has 2 spiro atoms. The van der Waals surface area contributed by atoms with Gasteiger partial charge in [-0.15, -0.1) is 0 Å². The van der Waals surface area contributed by atoms with Gasteiger partial charge in [-0.05, 0) is 154 Å². The van der Waals surface area contributed by atoms with E-state index >= 15 is 0 Å². The second-order valence-electron chi connectivity index (χ2n) is 34.5. The van der Waals surface area contributed by atoms with E-state index in [0.717, 1.165) is 123 Å². The van der Waals surface area contributed by atoms with E-state index in [0.29, 0.717) is 147 Å². The second kappa shape index (κ2) is 47.8. The Bertz CT molecular complexity index is 2780. The topological polar surface area (TPSA) is 302 Å². The summed E-state index contributed by atoms with van der Waals surface area (Å²) in [4.78, 5) is 126. The largest absolute Gasteiger partial charge is 0.374 e. The lowest BCUT2D eigenvalue weighted by molar-refractivity contribution is -0.138. The van der Waals surface area contributed by atoms with Crippen molar-refractivity contribution in [2.45, 2.75) is 319 Å². The summed E-state index contributed by atoms with van der Waals surface area (Å²) in [5.74, 6) is 2.58. The van der Waals surface area contributed by atoms with Gasteiger partial charge in [0.15, 0.2) is 0 Å². The molecule has 26 nitrogen and oxygen atoms in total. The van der Waals surface area contributed by atoms with Crippen molar-refractivity contribution in [2.24, 2.45) is 22.7 Å². The van der Waals surface area contributed by atoms with Crippen LogP contribution >= 0.6 is 0 Å². The lowest BCUT2D eigenvalue weighted by atomic mass is 9.77. The van der Waals surface area contributed by atoms with Crippen LogP contribution in [0.5, 0.6) is 0 Å². The van der Waals surface area contributed by atoms with Gasteiger partial charge in [-0.3, -0.25) is 78.2 Å². The van der Waals surface area contributed by atoms with Gasteiger partial charge < -0.3 is 51.9 Å². The zero-order chi connectivity index (χ0) is 80.1. The summed E-state index contributed by atoms with van der Waals surface area (Å²) in [5.41, 5.74) is 0.508. The van der Waals surface area contributed by atoms with E-state index in [-0.39, 0.29) is 60.1 Å². The average molecular weight is 1510 g/mol. The number of hydrogen-bond acceptors (Lipinski definition) is 20. The monoisotopic (exact) mass is 1510 g/mol. The summed E-state index contributed by atoms with van der Waals surface area (Å²) in [5, 5.41) is 26.7. The van der Waals surface area contributed by atoms with Crippen molar-refractivity contribution in [3.8, 4) is 0 Å². The molecule has 11 fully saturated rings. The van der Waals surface area contributed by atoms with E-state index in [1.807, 2.05) is 11.9 Å². The van der Waals surface area contributed by atoms with E-state index in [1.54, 1.807) is 0 Å². The fraction of sp³-hybridized carbons (Fsp3) is 0.852. The highest BCUT2D eigenvalue weighted by atomic mass is 16.2. The van der Waals surface area contributed by atoms with Gasteiger partial charge >= 0.3 is 0 Å². The Morgan fingerprint density at radius 1 is 0.486 bits per heavy atom. The van der Waals surface area contributed by atoms with Gasteiger partial charge in [0.2, 0.25) is 47.3 Å². The standard InChI is InChI=1S/C10H16N2O2.C10H20N2.C10H19NO.C9H14N2O2.C9H18N2O.C9H17NO.2C8H16N2O.C7H14N2O.CH4/c1-7(2)12-4-3-10(6-12)5-8(13)11-9(10)14;1-8(2)11-7-10-6-5-9(3)12(10)4;1-8(2)11(3)7-9-4-5-10(12)6-9;1-6(2)11-4-9(5-11)3-7(12)10-8(9)13;1-7(2)11(4)8-5-9(12)10(3)6-8;1-7(2)10-6-8-3-4-9(11)5-8;1-6(2)10(3)7-4-8(11)9-5-7;1-6(2)10-7-3-4-8(11)9-5-7;1-5(2)9-6-3-7(10)8-4-6;/h7H,3-6H2,1-2H3,(H,11,13,14);8,10-11H,3,5-7H2,1-2,4H3;8-9H,4-7H2,1-3H3;6H,3-5H2,1-2H3,(H,10,12,13);7-8H,5-6H2,1-4H3;7-8,10H,3-6H2,1-2H3;6-7H,4-5H2,1-3H3,(H,9,11);6-7,10H,3-5H2,1-2H3,(H,9,11);5-6,9H,3-4H2,1-2H3,(H,8,10);1H4. The highest BCUT2D eigenvalue weighted by Gasteiger charge is 2.55. The Morgan fingerprint density at radius 3 is 1.35 bits per heavy atom. The first-order valence-electron chi connectivity index (χ1n) is 40.2. The van der Waals surface area contributed by atoms with Crippen molar-refractivity contribution in [3.05, 3.63) is 12.3 Å². The summed E-state index contributed by atoms with van der Waals surface area (Å²) in [6, 6.07) is 7.01. The lowest BCUT2D eigenvalue weighted by Gasteiger charge is -2.47. The maximum Gasteiger partial charge on any atom is 0.235 e. The highest BCUT2D eigenvalue weighted by Crippen LogP contribution is 2.39. The number of rotatable bonds is 19. The normalized spacial score (nSPS) is 25.9. The van der Waals surface area contributed by atoms with Gasteiger partial charge in [-0.25, -0.2) is 0 Å². The quantitative estimate of drug-likeness (QED) is 0.0664. The number of ketones is 2. The number of likely N-dealkylation sites (N-methyl/N-ethyl adjacent to an activating group) is 4. The Labute approximate surface area is 647 Å². The highest BCUT2D eigenvalue weighted by molar-refractivity contribution is 6.07. The van der Waals surface area contributed by atoms with Crippen LogP contribution in [0.2, 0.25) is 0 Å². The van der Waals surface area contributed by atoms with Crippen LogP contribution in [0.15, 0.2) is 12.3 Å². The smallest absolute Gasteiger partial charge is 0.235 e. The van der Waals surface area contributed by atoms with Gasteiger partial charge in [0, 0.05) is 227 Å². The molecule has 0 aromatic heterocycles. The van der Waals surface area contributed by atoms with Crippen LogP contribution in [0.4, 0.5) is 0 Å². The fourth-order valence-electron chi connectivity index (χ4n) is 14.5. The number of imide groups is 2. The Balaban J connectivity index is 0.000000409. The van der Waals surface area contributed by atoms with Crippen molar-refractivity contribution in [2.75, 3.05) is 107 Å². The van der Waals surface area contributed by atoms with Crippen molar-refractivity contribution >= 4 is 58.8 Å². The summed E-state index contributed by atoms with van der Waals surface area (Å²) in [6.07, 6.45) is 13.1. The first-order valence-corrected chi connectivity index (χ1v) is 40.2. The third-order valence-electron chi connectivity index (χ3n) is 22.3. The van der Waals surface area contributed by atoms with E-state index in [9.17, 15) is 47.9 Å². The van der Waals surface area contributed by atoms with Crippen molar-refractivity contribution in [1.29, 1.82) is 0 Å². The molecule has 8 amide bonds. The second-order valence-corrected chi connectivity index (χ2v) is 34.5. The molecule has 2 aliphatic carbocycles. The number of Topliss-reactive ketones (excluding diaryl/α,β-unsaturated/α-hetero) is 2. The molecule has 8 atom stereocenters. The molecule has 11 rings (SSSR count). The maximum atomic E-state index is 11.6. The molecule has 107 heavy (non-hydrogen) atoms. The predicted octanol–water partition coefficient (Wildman–Crippen LogP) is 6.06. The number of carbonyl (C=O) groups excluding carboxylic acids is 10. The number of likely N-dealkylation sites (tertiary alicyclic amines) is 4. The molecular weight excluding hydrogens is 1360 g/mol. The lowest BCUT2D eigenvalue weighted by Crippen LogP contribution is -2.61. The molecule has 0 aromatic rings. The number of allylic oxidation sites excluding steroid dienone is 1. The summed E-state index contributed by atoms with van der Waals surface area (Å²) >= 11 is 0. The molecule has 0 aromatic carbocycles. The molecule has 9 saturated heterocycles. The summed E-state index contributed by atoms with van der Waals surface area (Å²) in [6.45, 7) is 52.1. The zero-order valence-electron chi connectivity index (χ0n) is 70.2. The third-order valence-corrected chi connectivity index (χ3v) is 22.3. The van der Waals surface area contributed by atoms with Gasteiger partial charge in [0.1, 0.15) is 11.6 Å². The van der Waals surface area contributed by atoms with Crippen LogP contribution in [0.1, 0.15) is 235 Å². The summed E-state index contributed by atoms with van der Waals surface area (Å²) < 4.78 is 0. The van der Waals surface area contributed by atoms with E-state index in [1.165, 1.54) is 18.5 Å². The molecule has 0 bridgehead atoms. The Morgan fingerprint density at radius 2 is 0.963 bits per heavy atom. The van der Waals surface area contributed by atoms with Gasteiger partial charge in [0.25, 0.3) is 0 Å². The SMILES string of the molecule is C.C=C1CCC(CNC(C)C)N1C.CC(C)N(C)C1CC(=O)N(C)C1.CC(C)N(C)C1CNC(=O)C1.CC(C)N(C)CC1CCC(=O)C1.CC(C)N1CC2(CC(=O)NC2=O)C1.CC(C)N1CCC2(CC(=O)NC2=O)C1.CC(C)NC1CCC(=O)NC1.CC(C)NC1CNC(=O)C1.CC(C)NCC1CCC(=O)C1. The molecular formula is C81H154N16O10. The fourth-order valence-corrected chi connectivity index (χ4v) is 14.5. The van der Waals surface area contributed by atoms with Gasteiger partial charge in [-0.1, -0.05) is 69.4 Å². The first-order chi connectivity index (χ1) is 49.4. The predicted molar refractivity (Wildman–Crippen MR) is 431 cm³/mol. The van der Waals surface area contributed by atoms with Crippen LogP contribution < -0.4 is 47.9 Å². The molecule has 26 heteroatoms. The molecule has 618 valence electrons. The van der Waals surface area contributed by atoms with E-state index in [4.69, 9.17) is 0 Å². The first kappa shape index (κ1) is 97.8. The average Bonchev–Trinajstić information content (AvgIpc) is 1.52. The van der Waals surface area contributed by atoms with Crippen LogP contribution in [0.25, 0.3) is 0 Å². The molecule has 9 aliphatic heterocycles. The van der Waals surface area contributed by atoms with Crippen molar-refractivity contribution in [1.82, 2.24) is 82.2 Å². The molecule has 8 unspecified atom stereocenters. The van der Waals surface area contributed by atoms with Crippen molar-refractivity contribution < 1.29 is 47.9 Å². The summed E-state index contributed by atoms with van der Waals surface area (Å²) in [7, 11) is 10.3. The number of amides is 8. The Hall–Kier alpha value is -5.32. The van der Waals surface area contributed by atoms with Crippen molar-refractivity contribution in [3.63, 3.8) is 0 Å². The molecule has 11 aliphatic rings. The number of hydrogen-bond donors (Lipinski definition) is 9. The minimum Gasteiger partial charge on any atom is -0.374 e. The van der Waals surface area contributed by atoms with Crippen LogP contribution in [-0.4, -0.2) is 285 Å². The van der Waals surface area contributed by atoms with Crippen LogP contribution in [-0.2, 0) is 47.9 Å². The third kappa shape index (κ3) is 35.3. The van der Waals surface area contributed by atoms with Gasteiger partial charge in [0.05, 0.1) is 10.8 Å². The minimum absolute atomic E-state index is 0. The molecule has 2 saturated carbocycles. The van der Waals surface area contributed by atoms with Gasteiger partial charge in [-0.2, -0.15) is 0 Å². The molecule has 9 N–H and O–H groups in total. The number of nitrogens with zero attached hydrogens (tertiary/aromatic N) is 7. The molecule has 0 radical (unpaired) electrons. The maximum absolute atomic E-state index is 11.6. The van der Waals surface area contributed by atoms with Crippen LogP contribution in [0.3, 0.4) is 0 Å². The number of nitrogens with one attached hydrogen (secondary N) is 9. The molecule has 9 heterocycles. The zero-order valence-corrected chi connectivity index (χ0v) is 70.2.